The van der Waals surface area contributed by atoms with E-state index in [0.29, 0.717) is 0 Å². The molecule has 0 bridgehead atoms. The van der Waals surface area contributed by atoms with E-state index in [-0.39, 0.29) is 11.5 Å². The number of ether oxygens (including phenoxy) is 1. The van der Waals surface area contributed by atoms with Gasteiger partial charge >= 0.3 is 5.97 Å². The third kappa shape index (κ3) is 4.81. The SMILES string of the molecule is CC[Si](C)(C)C(CCCC1CCSS1)C(=O)OC. The molecule has 1 rings (SSSR count). The Morgan fingerprint density at radius 2 is 2.22 bits per heavy atom. The lowest BCUT2D eigenvalue weighted by Crippen LogP contribution is -2.37. The van der Waals surface area contributed by atoms with Gasteiger partial charge in [-0.1, -0.05) is 54.1 Å². The van der Waals surface area contributed by atoms with Crippen molar-refractivity contribution in [1.29, 1.82) is 0 Å². The van der Waals surface area contributed by atoms with Gasteiger partial charge in [0, 0.05) is 11.0 Å². The largest absolute Gasteiger partial charge is 0.469 e. The van der Waals surface area contributed by atoms with Gasteiger partial charge in [-0.05, 0) is 19.3 Å². The quantitative estimate of drug-likeness (QED) is 0.391. The maximum atomic E-state index is 11.9. The molecular weight excluding hydrogens is 280 g/mol. The van der Waals surface area contributed by atoms with E-state index in [1.165, 1.54) is 32.1 Å². The summed E-state index contributed by atoms with van der Waals surface area (Å²) in [6.45, 7) is 6.84. The van der Waals surface area contributed by atoms with Crippen LogP contribution in [-0.4, -0.2) is 32.2 Å². The maximum absolute atomic E-state index is 11.9. The van der Waals surface area contributed by atoms with Crippen molar-refractivity contribution < 1.29 is 9.53 Å². The number of carbonyl (C=O) groups excluding carboxylic acids is 1. The van der Waals surface area contributed by atoms with Crippen LogP contribution >= 0.6 is 21.6 Å². The van der Waals surface area contributed by atoms with Gasteiger partial charge in [0.1, 0.15) is 0 Å². The molecule has 0 radical (unpaired) electrons. The summed E-state index contributed by atoms with van der Waals surface area (Å²) < 4.78 is 5.01. The van der Waals surface area contributed by atoms with E-state index in [4.69, 9.17) is 4.74 Å². The fourth-order valence-corrected chi connectivity index (χ4v) is 7.59. The van der Waals surface area contributed by atoms with Crippen molar-refractivity contribution in [3.63, 3.8) is 0 Å². The molecule has 1 heterocycles. The molecule has 2 unspecified atom stereocenters. The number of carbonyl (C=O) groups is 1. The highest BCUT2D eigenvalue weighted by atomic mass is 33.1. The number of methoxy groups -OCH3 is 1. The predicted molar refractivity (Wildman–Crippen MR) is 86.0 cm³/mol. The molecule has 18 heavy (non-hydrogen) atoms. The summed E-state index contributed by atoms with van der Waals surface area (Å²) in [5.74, 6) is 1.33. The van der Waals surface area contributed by atoms with Gasteiger partial charge in [-0.25, -0.2) is 0 Å². The minimum Gasteiger partial charge on any atom is -0.469 e. The molecule has 1 aliphatic heterocycles. The lowest BCUT2D eigenvalue weighted by molar-refractivity contribution is -0.140. The molecule has 0 saturated carbocycles. The first-order valence-electron chi connectivity index (χ1n) is 6.87. The second-order valence-electron chi connectivity index (χ2n) is 5.68. The molecule has 0 aliphatic carbocycles. The minimum atomic E-state index is -1.45. The first kappa shape index (κ1) is 16.4. The fraction of sp³-hybridized carbons (Fsp3) is 0.923. The average molecular weight is 307 g/mol. The highest BCUT2D eigenvalue weighted by molar-refractivity contribution is 8.77. The van der Waals surface area contributed by atoms with Crippen molar-refractivity contribution in [3.8, 4) is 0 Å². The van der Waals surface area contributed by atoms with Crippen LogP contribution in [0.5, 0.6) is 0 Å². The molecule has 0 N–H and O–H groups in total. The van der Waals surface area contributed by atoms with E-state index < -0.39 is 8.07 Å². The maximum Gasteiger partial charge on any atom is 0.305 e. The van der Waals surface area contributed by atoms with Crippen LogP contribution in [0.4, 0.5) is 0 Å². The molecule has 2 nitrogen and oxygen atoms in total. The second kappa shape index (κ2) is 7.85. The monoisotopic (exact) mass is 306 g/mol. The van der Waals surface area contributed by atoms with Gasteiger partial charge in [0.05, 0.1) is 20.7 Å². The summed E-state index contributed by atoms with van der Waals surface area (Å²) in [6.07, 6.45) is 4.81. The van der Waals surface area contributed by atoms with Gasteiger partial charge in [-0.2, -0.15) is 0 Å². The predicted octanol–water partition coefficient (Wildman–Crippen LogP) is 4.58. The molecule has 2 atom stereocenters. The van der Waals surface area contributed by atoms with Gasteiger partial charge in [0.2, 0.25) is 0 Å². The van der Waals surface area contributed by atoms with Crippen LogP contribution in [0.15, 0.2) is 0 Å². The summed E-state index contributed by atoms with van der Waals surface area (Å²) >= 11 is 0. The third-order valence-electron chi connectivity index (χ3n) is 4.09. The van der Waals surface area contributed by atoms with Crippen molar-refractivity contribution in [1.82, 2.24) is 0 Å². The van der Waals surface area contributed by atoms with Crippen LogP contribution in [-0.2, 0) is 9.53 Å². The lowest BCUT2D eigenvalue weighted by atomic mass is 10.1. The van der Waals surface area contributed by atoms with E-state index in [2.05, 4.69) is 20.0 Å². The average Bonchev–Trinajstić information content (AvgIpc) is 2.86. The van der Waals surface area contributed by atoms with Crippen LogP contribution in [0.2, 0.25) is 24.7 Å². The highest BCUT2D eigenvalue weighted by Crippen LogP contribution is 2.41. The van der Waals surface area contributed by atoms with Gasteiger partial charge in [-0.3, -0.25) is 4.79 Å². The summed E-state index contributed by atoms with van der Waals surface area (Å²) in [5, 5.41) is 0.819. The van der Waals surface area contributed by atoms with E-state index in [1.807, 2.05) is 21.6 Å². The smallest absolute Gasteiger partial charge is 0.305 e. The highest BCUT2D eigenvalue weighted by Gasteiger charge is 2.36. The third-order valence-corrected chi connectivity index (χ3v) is 11.3. The number of hydrogen-bond acceptors (Lipinski definition) is 4. The Morgan fingerprint density at radius 1 is 1.50 bits per heavy atom. The Hall–Kier alpha value is 0.387. The standard InChI is InChI=1S/C13H26O2S2Si/c1-5-18(3,4)12(13(14)15-2)8-6-7-11-9-10-16-17-11/h11-12H,5-10H2,1-4H3. The van der Waals surface area contributed by atoms with Crippen molar-refractivity contribution in [3.05, 3.63) is 0 Å². The Bertz CT molecular complexity index is 266. The minimum absolute atomic E-state index is 0.0296. The molecule has 0 amide bonds. The summed E-state index contributed by atoms with van der Waals surface area (Å²) in [4.78, 5) is 11.9. The number of esters is 1. The van der Waals surface area contributed by atoms with E-state index in [0.717, 1.165) is 17.7 Å². The zero-order valence-corrected chi connectivity index (χ0v) is 14.7. The Morgan fingerprint density at radius 3 is 2.72 bits per heavy atom. The summed E-state index contributed by atoms with van der Waals surface area (Å²) in [5.41, 5.74) is 0.187. The molecule has 106 valence electrons. The Kier molecular flexibility index (Phi) is 7.17. The molecule has 1 aliphatic rings. The van der Waals surface area contributed by atoms with Crippen LogP contribution in [0.3, 0.4) is 0 Å². The fourth-order valence-electron chi connectivity index (χ4n) is 2.33. The topological polar surface area (TPSA) is 26.3 Å². The van der Waals surface area contributed by atoms with Gasteiger partial charge in [0.15, 0.2) is 0 Å². The molecule has 1 fully saturated rings. The number of hydrogen-bond donors (Lipinski definition) is 0. The second-order valence-corrected chi connectivity index (χ2v) is 13.8. The molecule has 5 heteroatoms. The van der Waals surface area contributed by atoms with Crippen LogP contribution in [0, 0.1) is 0 Å². The first-order chi connectivity index (χ1) is 8.51. The van der Waals surface area contributed by atoms with Crippen LogP contribution < -0.4 is 0 Å². The normalized spacial score (nSPS) is 21.9. The first-order valence-corrected chi connectivity index (χ1v) is 12.5. The lowest BCUT2D eigenvalue weighted by Gasteiger charge is -2.29. The van der Waals surface area contributed by atoms with E-state index in [9.17, 15) is 4.79 Å². The van der Waals surface area contributed by atoms with Crippen molar-refractivity contribution >= 4 is 35.6 Å². The zero-order chi connectivity index (χ0) is 13.6. The van der Waals surface area contributed by atoms with Crippen LogP contribution in [0.1, 0.15) is 32.6 Å². The molecule has 0 aromatic carbocycles. The van der Waals surface area contributed by atoms with Crippen molar-refractivity contribution in [2.75, 3.05) is 12.9 Å². The van der Waals surface area contributed by atoms with Gasteiger partial charge in [-0.15, -0.1) is 0 Å². The Labute approximate surface area is 120 Å². The van der Waals surface area contributed by atoms with Gasteiger partial charge in [0.25, 0.3) is 0 Å². The van der Waals surface area contributed by atoms with Gasteiger partial charge < -0.3 is 4.74 Å². The zero-order valence-electron chi connectivity index (χ0n) is 12.0. The Balaban J connectivity index is 2.43. The van der Waals surface area contributed by atoms with Crippen molar-refractivity contribution in [2.45, 2.75) is 62.5 Å². The molecule has 1 saturated heterocycles. The summed E-state index contributed by atoms with van der Waals surface area (Å²) in [6, 6.07) is 1.15. The van der Waals surface area contributed by atoms with Crippen LogP contribution in [0.25, 0.3) is 0 Å². The molecular formula is C13H26O2S2Si. The molecule has 0 aromatic heterocycles. The molecule has 0 aromatic rings. The number of rotatable bonds is 7. The van der Waals surface area contributed by atoms with E-state index >= 15 is 0 Å². The summed E-state index contributed by atoms with van der Waals surface area (Å²) in [7, 11) is 4.10. The molecule has 0 spiro atoms. The van der Waals surface area contributed by atoms with Crippen molar-refractivity contribution in [2.24, 2.45) is 0 Å². The van der Waals surface area contributed by atoms with E-state index in [1.54, 1.807) is 0 Å².